The van der Waals surface area contributed by atoms with Gasteiger partial charge in [-0.05, 0) is 94.2 Å². The van der Waals surface area contributed by atoms with Crippen LogP contribution in [0.1, 0.15) is 127 Å². The SMILES string of the molecule is CCCCc1cc(O)cc(C(C)(C)C)c1C(C)c1c(CCCC)cc(O)cc1C(C)(C)C. The van der Waals surface area contributed by atoms with Crippen molar-refractivity contribution in [3.05, 3.63) is 57.6 Å². The Morgan fingerprint density at radius 2 is 1.00 bits per heavy atom. The van der Waals surface area contributed by atoms with Crippen molar-refractivity contribution < 1.29 is 10.2 Å². The van der Waals surface area contributed by atoms with Gasteiger partial charge in [0, 0.05) is 5.92 Å². The van der Waals surface area contributed by atoms with Gasteiger partial charge in [0.1, 0.15) is 11.5 Å². The van der Waals surface area contributed by atoms with Gasteiger partial charge in [-0.25, -0.2) is 0 Å². The standard InChI is InChI=1S/C30H46O2/c1-10-12-14-21-16-23(31)18-25(29(4,5)6)27(21)20(3)28-22(15-13-11-2)17-24(32)19-26(28)30(7,8)9/h16-20,31-32H,10-15H2,1-9H3. The molecule has 0 saturated heterocycles. The number of benzene rings is 2. The zero-order valence-corrected chi connectivity index (χ0v) is 22.0. The smallest absolute Gasteiger partial charge is 0.116 e. The summed E-state index contributed by atoms with van der Waals surface area (Å²) in [4.78, 5) is 0. The molecule has 0 radical (unpaired) electrons. The van der Waals surface area contributed by atoms with E-state index in [1.165, 1.54) is 33.4 Å². The van der Waals surface area contributed by atoms with E-state index < -0.39 is 0 Å². The third kappa shape index (κ3) is 6.09. The van der Waals surface area contributed by atoms with E-state index in [1.807, 2.05) is 24.3 Å². The molecule has 2 N–H and O–H groups in total. The van der Waals surface area contributed by atoms with Crippen LogP contribution >= 0.6 is 0 Å². The number of rotatable bonds is 8. The fourth-order valence-electron chi connectivity index (χ4n) is 4.95. The molecule has 0 fully saturated rings. The predicted octanol–water partition coefficient (Wildman–Crippen LogP) is 8.53. The lowest BCUT2D eigenvalue weighted by atomic mass is 9.71. The van der Waals surface area contributed by atoms with Crippen molar-refractivity contribution in [1.29, 1.82) is 0 Å². The van der Waals surface area contributed by atoms with Gasteiger partial charge < -0.3 is 10.2 Å². The van der Waals surface area contributed by atoms with E-state index in [0.717, 1.165) is 38.5 Å². The van der Waals surface area contributed by atoms with Crippen molar-refractivity contribution in [2.45, 2.75) is 118 Å². The maximum atomic E-state index is 10.6. The molecule has 2 heteroatoms. The molecule has 0 bridgehead atoms. The fraction of sp³-hybridized carbons (Fsp3) is 0.600. The van der Waals surface area contributed by atoms with Crippen molar-refractivity contribution in [3.63, 3.8) is 0 Å². The van der Waals surface area contributed by atoms with Gasteiger partial charge in [-0.2, -0.15) is 0 Å². The highest BCUT2D eigenvalue weighted by molar-refractivity contribution is 5.55. The molecular weight excluding hydrogens is 392 g/mol. The second kappa shape index (κ2) is 10.3. The molecule has 0 spiro atoms. The van der Waals surface area contributed by atoms with Crippen LogP contribution in [0.2, 0.25) is 0 Å². The van der Waals surface area contributed by atoms with Crippen LogP contribution in [0.4, 0.5) is 0 Å². The van der Waals surface area contributed by atoms with Crippen LogP contribution in [0.25, 0.3) is 0 Å². The number of phenolic OH excluding ortho intramolecular Hbond substituents is 2. The van der Waals surface area contributed by atoms with Gasteiger partial charge in [0.2, 0.25) is 0 Å². The van der Waals surface area contributed by atoms with E-state index in [1.54, 1.807) is 0 Å². The molecule has 2 nitrogen and oxygen atoms in total. The van der Waals surface area contributed by atoms with Gasteiger partial charge in [-0.3, -0.25) is 0 Å². The minimum absolute atomic E-state index is 0.0777. The summed E-state index contributed by atoms with van der Waals surface area (Å²) >= 11 is 0. The Morgan fingerprint density at radius 1 is 0.656 bits per heavy atom. The maximum absolute atomic E-state index is 10.6. The van der Waals surface area contributed by atoms with Crippen molar-refractivity contribution in [3.8, 4) is 11.5 Å². The summed E-state index contributed by atoms with van der Waals surface area (Å²) in [5.41, 5.74) is 7.54. The summed E-state index contributed by atoms with van der Waals surface area (Å²) in [6.45, 7) is 20.2. The quantitative estimate of drug-likeness (QED) is 0.433. The van der Waals surface area contributed by atoms with Crippen LogP contribution in [0.15, 0.2) is 24.3 Å². The molecule has 2 aromatic carbocycles. The molecule has 2 rings (SSSR count). The first-order valence-electron chi connectivity index (χ1n) is 12.5. The zero-order chi connectivity index (χ0) is 24.3. The summed E-state index contributed by atoms with van der Waals surface area (Å²) in [6.07, 6.45) is 6.42. The number of phenols is 2. The average Bonchev–Trinajstić information content (AvgIpc) is 2.67. The van der Waals surface area contributed by atoms with Crippen LogP contribution in [0.5, 0.6) is 11.5 Å². The van der Waals surface area contributed by atoms with Crippen molar-refractivity contribution >= 4 is 0 Å². The maximum Gasteiger partial charge on any atom is 0.116 e. The Kier molecular flexibility index (Phi) is 8.48. The summed E-state index contributed by atoms with van der Waals surface area (Å²) < 4.78 is 0. The number of aryl methyl sites for hydroxylation is 2. The Labute approximate surface area is 197 Å². The number of aromatic hydroxyl groups is 2. The molecule has 0 saturated carbocycles. The van der Waals surface area contributed by atoms with Crippen LogP contribution in [-0.2, 0) is 23.7 Å². The van der Waals surface area contributed by atoms with E-state index in [2.05, 4.69) is 62.3 Å². The first kappa shape index (κ1) is 26.3. The zero-order valence-electron chi connectivity index (χ0n) is 22.0. The highest BCUT2D eigenvalue weighted by atomic mass is 16.3. The lowest BCUT2D eigenvalue weighted by Gasteiger charge is -2.33. The predicted molar refractivity (Wildman–Crippen MR) is 138 cm³/mol. The third-order valence-electron chi connectivity index (χ3n) is 6.58. The van der Waals surface area contributed by atoms with Gasteiger partial charge in [0.25, 0.3) is 0 Å². The van der Waals surface area contributed by atoms with E-state index in [9.17, 15) is 10.2 Å². The summed E-state index contributed by atoms with van der Waals surface area (Å²) in [6, 6.07) is 7.92. The Bertz CT molecular complexity index is 834. The molecule has 0 heterocycles. The second-order valence-electron chi connectivity index (χ2n) is 11.6. The van der Waals surface area contributed by atoms with Crippen LogP contribution in [0.3, 0.4) is 0 Å². The fourth-order valence-corrected chi connectivity index (χ4v) is 4.95. The highest BCUT2D eigenvalue weighted by Crippen LogP contribution is 2.44. The molecule has 32 heavy (non-hydrogen) atoms. The first-order chi connectivity index (χ1) is 14.8. The number of hydrogen-bond donors (Lipinski definition) is 2. The Balaban J connectivity index is 2.88. The molecule has 0 aliphatic heterocycles. The monoisotopic (exact) mass is 438 g/mol. The minimum atomic E-state index is -0.0777. The normalized spacial score (nSPS) is 12.6. The minimum Gasteiger partial charge on any atom is -0.508 e. The van der Waals surface area contributed by atoms with Gasteiger partial charge >= 0.3 is 0 Å². The number of hydrogen-bond acceptors (Lipinski definition) is 2. The summed E-state index contributed by atoms with van der Waals surface area (Å²) in [5.74, 6) is 0.910. The molecule has 0 aliphatic rings. The van der Waals surface area contributed by atoms with Crippen molar-refractivity contribution in [1.82, 2.24) is 0 Å². The molecule has 178 valence electrons. The molecular formula is C30H46O2. The number of unbranched alkanes of at least 4 members (excludes halogenated alkanes) is 2. The molecule has 2 aromatic rings. The molecule has 0 amide bonds. The lowest BCUT2D eigenvalue weighted by Crippen LogP contribution is -2.22. The second-order valence-corrected chi connectivity index (χ2v) is 11.6. The van der Waals surface area contributed by atoms with Crippen molar-refractivity contribution in [2.75, 3.05) is 0 Å². The van der Waals surface area contributed by atoms with E-state index >= 15 is 0 Å². The highest BCUT2D eigenvalue weighted by Gasteiger charge is 2.30. The molecule has 0 aliphatic carbocycles. The van der Waals surface area contributed by atoms with Crippen molar-refractivity contribution in [2.24, 2.45) is 0 Å². The molecule has 0 atom stereocenters. The summed E-state index contributed by atoms with van der Waals surface area (Å²) in [7, 11) is 0. The average molecular weight is 439 g/mol. The van der Waals surface area contributed by atoms with Gasteiger partial charge in [0.05, 0.1) is 0 Å². The first-order valence-corrected chi connectivity index (χ1v) is 12.5. The van der Waals surface area contributed by atoms with Crippen LogP contribution in [-0.4, -0.2) is 10.2 Å². The topological polar surface area (TPSA) is 40.5 Å². The van der Waals surface area contributed by atoms with Gasteiger partial charge in [-0.1, -0.05) is 75.2 Å². The van der Waals surface area contributed by atoms with E-state index in [-0.39, 0.29) is 16.7 Å². The molecule has 0 unspecified atom stereocenters. The molecule has 0 aromatic heterocycles. The Morgan fingerprint density at radius 3 is 1.28 bits per heavy atom. The van der Waals surface area contributed by atoms with Crippen LogP contribution in [0, 0.1) is 0 Å². The lowest BCUT2D eigenvalue weighted by molar-refractivity contribution is 0.466. The van der Waals surface area contributed by atoms with Gasteiger partial charge in [-0.15, -0.1) is 0 Å². The third-order valence-corrected chi connectivity index (χ3v) is 6.58. The van der Waals surface area contributed by atoms with Gasteiger partial charge in [0.15, 0.2) is 0 Å². The van der Waals surface area contributed by atoms with Crippen LogP contribution < -0.4 is 0 Å². The largest absolute Gasteiger partial charge is 0.508 e. The van der Waals surface area contributed by atoms with E-state index in [4.69, 9.17) is 0 Å². The van der Waals surface area contributed by atoms with E-state index in [0.29, 0.717) is 11.5 Å². The summed E-state index contributed by atoms with van der Waals surface area (Å²) in [5, 5.41) is 21.2. The Hall–Kier alpha value is -1.96.